The fourth-order valence-electron chi connectivity index (χ4n) is 1.21. The van der Waals surface area contributed by atoms with Crippen molar-refractivity contribution in [3.05, 3.63) is 0 Å². The third-order valence-electron chi connectivity index (χ3n) is 1.84. The molecule has 1 atom stereocenters. The van der Waals surface area contributed by atoms with E-state index in [1.54, 1.807) is 0 Å². The highest BCUT2D eigenvalue weighted by molar-refractivity contribution is 6.38. The van der Waals surface area contributed by atoms with Crippen LogP contribution in [0.1, 0.15) is 12.8 Å². The van der Waals surface area contributed by atoms with Crippen LogP contribution in [0.3, 0.4) is 0 Å². The number of carbonyl (C=O) groups is 1. The molecule has 0 spiro atoms. The highest BCUT2D eigenvalue weighted by Crippen LogP contribution is 2.19. The maximum absolute atomic E-state index is 11.0. The number of ketones is 1. The Kier molecular flexibility index (Phi) is 2.50. The Morgan fingerprint density at radius 2 is 2.60 bits per heavy atom. The topological polar surface area (TPSA) is 40.9 Å². The molecule has 1 rings (SSSR count). The van der Waals surface area contributed by atoms with E-state index in [1.807, 2.05) is 6.07 Å². The molecule has 51 valence electrons. The Morgan fingerprint density at radius 3 is 3.20 bits per heavy atom. The molecule has 0 aromatic heterocycles. The van der Waals surface area contributed by atoms with Gasteiger partial charge < -0.3 is 0 Å². The summed E-state index contributed by atoms with van der Waals surface area (Å²) in [6.45, 7) is 0. The molecule has 1 fully saturated rings. The molecule has 1 radical (unpaired) electrons. The van der Waals surface area contributed by atoms with Gasteiger partial charge in [0.05, 0.1) is 6.07 Å². The number of hydrogen-bond donors (Lipinski definition) is 0. The van der Waals surface area contributed by atoms with Gasteiger partial charge in [0.1, 0.15) is 13.1 Å². The van der Waals surface area contributed by atoms with Gasteiger partial charge in [0.15, 0.2) is 0 Å². The Bertz CT molecular complexity index is 173. The first kappa shape index (κ1) is 7.33. The van der Waals surface area contributed by atoms with Gasteiger partial charge in [-0.15, -0.1) is 0 Å². The average Bonchev–Trinajstić information content (AvgIpc) is 1.94. The van der Waals surface area contributed by atoms with E-state index in [0.717, 1.165) is 12.6 Å². The van der Waals surface area contributed by atoms with E-state index in [1.165, 1.54) is 0 Å². The van der Waals surface area contributed by atoms with Gasteiger partial charge in [-0.25, -0.2) is 0 Å². The van der Waals surface area contributed by atoms with Gasteiger partial charge >= 0.3 is 0 Å². The van der Waals surface area contributed by atoms with Crippen molar-refractivity contribution in [1.29, 1.82) is 5.26 Å². The summed E-state index contributed by atoms with van der Waals surface area (Å²) in [4.78, 5) is 11.0. The van der Waals surface area contributed by atoms with Crippen LogP contribution in [-0.2, 0) is 4.79 Å². The standard InChI is InChI=1S/C7H9BNO/c9-4-2-6-5-8-3-1-7(6)10/h6H,1-3,5H2. The van der Waals surface area contributed by atoms with Gasteiger partial charge in [0.2, 0.25) is 0 Å². The molecular weight excluding hydrogens is 125 g/mol. The number of nitrogens with zero attached hydrogens (tertiary/aromatic N) is 1. The quantitative estimate of drug-likeness (QED) is 0.502. The number of hydrogen-bond acceptors (Lipinski definition) is 2. The molecule has 1 unspecified atom stereocenters. The van der Waals surface area contributed by atoms with E-state index in [4.69, 9.17) is 5.26 Å². The molecule has 1 aliphatic heterocycles. The first-order valence-corrected chi connectivity index (χ1v) is 3.56. The van der Waals surface area contributed by atoms with E-state index < -0.39 is 0 Å². The van der Waals surface area contributed by atoms with Crippen molar-refractivity contribution in [3.63, 3.8) is 0 Å². The van der Waals surface area contributed by atoms with Crippen molar-refractivity contribution >= 4 is 13.1 Å². The third-order valence-corrected chi connectivity index (χ3v) is 1.84. The van der Waals surface area contributed by atoms with Crippen LogP contribution in [0.4, 0.5) is 0 Å². The zero-order valence-electron chi connectivity index (χ0n) is 5.84. The number of carbonyl (C=O) groups excluding carboxylic acids is 1. The molecule has 0 bridgehead atoms. The SMILES string of the molecule is N#CCC1C[B]CCC1=O. The molecule has 0 amide bonds. The smallest absolute Gasteiger partial charge is 0.135 e. The van der Waals surface area contributed by atoms with Crippen molar-refractivity contribution < 1.29 is 4.79 Å². The zero-order valence-corrected chi connectivity index (χ0v) is 5.84. The second-order valence-corrected chi connectivity index (χ2v) is 2.59. The van der Waals surface area contributed by atoms with E-state index in [-0.39, 0.29) is 11.7 Å². The van der Waals surface area contributed by atoms with Crippen LogP contribution in [-0.4, -0.2) is 13.1 Å². The molecule has 0 saturated carbocycles. The molecule has 0 aliphatic carbocycles. The Hall–Kier alpha value is -0.775. The van der Waals surface area contributed by atoms with Gasteiger partial charge in [-0.05, 0) is 6.42 Å². The maximum atomic E-state index is 11.0. The van der Waals surface area contributed by atoms with Crippen LogP contribution in [0.15, 0.2) is 0 Å². The minimum atomic E-state index is 0.0127. The monoisotopic (exact) mass is 134 g/mol. The molecule has 0 N–H and O–H groups in total. The van der Waals surface area contributed by atoms with E-state index in [9.17, 15) is 4.79 Å². The van der Waals surface area contributed by atoms with E-state index in [2.05, 4.69) is 7.28 Å². The van der Waals surface area contributed by atoms with Gasteiger partial charge in [0.25, 0.3) is 0 Å². The fourth-order valence-corrected chi connectivity index (χ4v) is 1.21. The molecule has 1 heterocycles. The largest absolute Gasteiger partial charge is 0.299 e. The van der Waals surface area contributed by atoms with E-state index in [0.29, 0.717) is 12.8 Å². The van der Waals surface area contributed by atoms with Crippen molar-refractivity contribution in [3.8, 4) is 6.07 Å². The van der Waals surface area contributed by atoms with Crippen LogP contribution in [0.25, 0.3) is 0 Å². The highest BCUT2D eigenvalue weighted by Gasteiger charge is 2.21. The lowest BCUT2D eigenvalue weighted by Crippen LogP contribution is -2.21. The van der Waals surface area contributed by atoms with Crippen LogP contribution < -0.4 is 0 Å². The average molecular weight is 134 g/mol. The Labute approximate surface area is 61.5 Å². The Balaban J connectivity index is 2.42. The molecule has 0 aromatic carbocycles. The van der Waals surface area contributed by atoms with E-state index >= 15 is 0 Å². The van der Waals surface area contributed by atoms with Gasteiger partial charge in [-0.3, -0.25) is 4.79 Å². The lowest BCUT2D eigenvalue weighted by molar-refractivity contribution is -0.122. The summed E-state index contributed by atoms with van der Waals surface area (Å²) in [6, 6.07) is 2.03. The first-order valence-electron chi connectivity index (χ1n) is 3.56. The lowest BCUT2D eigenvalue weighted by Gasteiger charge is -2.16. The molecule has 10 heavy (non-hydrogen) atoms. The molecule has 1 aliphatic rings. The summed E-state index contributed by atoms with van der Waals surface area (Å²) in [6.07, 6.45) is 2.76. The molecular formula is C7H9BNO. The summed E-state index contributed by atoms with van der Waals surface area (Å²) >= 11 is 0. The van der Waals surface area contributed by atoms with Crippen molar-refractivity contribution in [1.82, 2.24) is 0 Å². The molecule has 0 aromatic rings. The van der Waals surface area contributed by atoms with Crippen molar-refractivity contribution in [2.24, 2.45) is 5.92 Å². The lowest BCUT2D eigenvalue weighted by atomic mass is 9.59. The highest BCUT2D eigenvalue weighted by atomic mass is 16.1. The number of Topliss-reactive ketones (excluding diaryl/α,β-unsaturated/α-hetero) is 1. The summed E-state index contributed by atoms with van der Waals surface area (Å²) < 4.78 is 0. The fraction of sp³-hybridized carbons (Fsp3) is 0.714. The van der Waals surface area contributed by atoms with Crippen LogP contribution in [0.5, 0.6) is 0 Å². The molecule has 1 saturated heterocycles. The van der Waals surface area contributed by atoms with Crippen LogP contribution in [0.2, 0.25) is 12.6 Å². The normalized spacial score (nSPS) is 25.1. The minimum absolute atomic E-state index is 0.0127. The van der Waals surface area contributed by atoms with Gasteiger partial charge in [-0.2, -0.15) is 5.26 Å². The zero-order chi connectivity index (χ0) is 7.40. The maximum Gasteiger partial charge on any atom is 0.135 e. The predicted octanol–water partition coefficient (Wildman–Crippen LogP) is 1.03. The molecule has 2 nitrogen and oxygen atoms in total. The Morgan fingerprint density at radius 1 is 1.80 bits per heavy atom. The first-order chi connectivity index (χ1) is 4.84. The number of nitriles is 1. The van der Waals surface area contributed by atoms with Gasteiger partial charge in [-0.1, -0.05) is 12.6 Å². The minimum Gasteiger partial charge on any atom is -0.299 e. The summed E-state index contributed by atoms with van der Waals surface area (Å²) in [7, 11) is 2.10. The second kappa shape index (κ2) is 3.41. The summed E-state index contributed by atoms with van der Waals surface area (Å²) in [5, 5.41) is 8.32. The predicted molar refractivity (Wildman–Crippen MR) is 38.7 cm³/mol. The summed E-state index contributed by atoms with van der Waals surface area (Å²) in [5.74, 6) is 0.280. The van der Waals surface area contributed by atoms with Crippen LogP contribution >= 0.6 is 0 Å². The van der Waals surface area contributed by atoms with Crippen LogP contribution in [0, 0.1) is 17.2 Å². The van der Waals surface area contributed by atoms with Crippen molar-refractivity contribution in [2.75, 3.05) is 0 Å². The second-order valence-electron chi connectivity index (χ2n) is 2.59. The third kappa shape index (κ3) is 1.60. The summed E-state index contributed by atoms with van der Waals surface area (Å²) in [5.41, 5.74) is 0. The molecule has 3 heteroatoms. The van der Waals surface area contributed by atoms with Crippen molar-refractivity contribution in [2.45, 2.75) is 25.5 Å². The van der Waals surface area contributed by atoms with Gasteiger partial charge in [0, 0.05) is 12.3 Å². The number of rotatable bonds is 1.